The highest BCUT2D eigenvalue weighted by Crippen LogP contribution is 2.32. The summed E-state index contributed by atoms with van der Waals surface area (Å²) < 4.78 is 41.2. The highest BCUT2D eigenvalue weighted by Gasteiger charge is 2.34. The third-order valence-corrected chi connectivity index (χ3v) is 4.25. The highest BCUT2D eigenvalue weighted by molar-refractivity contribution is 5.83. The van der Waals surface area contributed by atoms with Gasteiger partial charge in [-0.05, 0) is 23.3 Å². The van der Waals surface area contributed by atoms with Crippen LogP contribution in [-0.2, 0) is 17.5 Å². The maximum absolute atomic E-state index is 13.2. The fourth-order valence-corrected chi connectivity index (χ4v) is 2.95. The third-order valence-electron chi connectivity index (χ3n) is 4.25. The van der Waals surface area contributed by atoms with Crippen LogP contribution < -0.4 is 0 Å². The van der Waals surface area contributed by atoms with Crippen molar-refractivity contribution in [2.45, 2.75) is 18.8 Å². The minimum Gasteiger partial charge on any atom is -0.339 e. The smallest absolute Gasteiger partial charge is 0.339 e. The van der Waals surface area contributed by atoms with Crippen LogP contribution in [0.3, 0.4) is 0 Å². The van der Waals surface area contributed by atoms with Gasteiger partial charge in [-0.2, -0.15) is 18.3 Å². The number of benzene rings is 2. The average molecular weight is 373 g/mol. The zero-order chi connectivity index (χ0) is 19.4. The van der Waals surface area contributed by atoms with E-state index in [-0.39, 0.29) is 18.0 Å². The van der Waals surface area contributed by atoms with Crippen LogP contribution in [0.15, 0.2) is 73.1 Å². The van der Waals surface area contributed by atoms with Gasteiger partial charge < -0.3 is 4.90 Å². The molecule has 1 amide bonds. The lowest BCUT2D eigenvalue weighted by atomic mass is 10.0. The minimum atomic E-state index is -4.47. The molecule has 3 rings (SSSR count). The minimum absolute atomic E-state index is 0.0492. The molecular formula is C20H18F3N3O. The molecule has 0 aliphatic carbocycles. The Balaban J connectivity index is 1.90. The molecule has 0 aliphatic heterocycles. The summed E-state index contributed by atoms with van der Waals surface area (Å²) in [6.07, 6.45) is -1.25. The first-order chi connectivity index (χ1) is 12.9. The van der Waals surface area contributed by atoms with Gasteiger partial charge in [-0.1, -0.05) is 48.5 Å². The van der Waals surface area contributed by atoms with Crippen molar-refractivity contribution in [3.8, 4) is 0 Å². The van der Waals surface area contributed by atoms with Gasteiger partial charge in [-0.3, -0.25) is 9.48 Å². The molecule has 1 heterocycles. The molecule has 0 radical (unpaired) electrons. The van der Waals surface area contributed by atoms with Crippen LogP contribution in [0.25, 0.3) is 0 Å². The molecule has 0 saturated heterocycles. The maximum atomic E-state index is 13.2. The zero-order valence-electron chi connectivity index (χ0n) is 14.6. The lowest BCUT2D eigenvalue weighted by Crippen LogP contribution is -2.35. The van der Waals surface area contributed by atoms with E-state index in [1.54, 1.807) is 42.7 Å². The maximum Gasteiger partial charge on any atom is 0.416 e. The number of likely N-dealkylation sites (N-methyl/N-ethyl adjacent to an activating group) is 1. The van der Waals surface area contributed by atoms with Crippen LogP contribution in [0, 0.1) is 0 Å². The second-order valence-corrected chi connectivity index (χ2v) is 6.15. The zero-order valence-corrected chi connectivity index (χ0v) is 14.6. The van der Waals surface area contributed by atoms with Gasteiger partial charge in [-0.25, -0.2) is 0 Å². The van der Waals surface area contributed by atoms with Crippen molar-refractivity contribution in [2.24, 2.45) is 0 Å². The Labute approximate surface area is 154 Å². The monoisotopic (exact) mass is 373 g/mol. The van der Waals surface area contributed by atoms with Crippen LogP contribution in [0.2, 0.25) is 0 Å². The molecule has 0 bridgehead atoms. The summed E-state index contributed by atoms with van der Waals surface area (Å²) in [5.74, 6) is -0.345. The van der Waals surface area contributed by atoms with Gasteiger partial charge in [0.25, 0.3) is 5.91 Å². The molecule has 0 N–H and O–H groups in total. The van der Waals surface area contributed by atoms with E-state index >= 15 is 0 Å². The molecule has 1 unspecified atom stereocenters. The molecule has 27 heavy (non-hydrogen) atoms. The molecule has 2 aromatic carbocycles. The third kappa shape index (κ3) is 4.19. The Bertz CT molecular complexity index is 892. The topological polar surface area (TPSA) is 38.1 Å². The van der Waals surface area contributed by atoms with Crippen molar-refractivity contribution in [1.82, 2.24) is 14.7 Å². The molecular weight excluding hydrogens is 355 g/mol. The Morgan fingerprint density at radius 3 is 2.37 bits per heavy atom. The Kier molecular flexibility index (Phi) is 5.30. The van der Waals surface area contributed by atoms with Gasteiger partial charge in [0.05, 0.1) is 5.56 Å². The van der Waals surface area contributed by atoms with Crippen LogP contribution >= 0.6 is 0 Å². The quantitative estimate of drug-likeness (QED) is 0.674. The fourth-order valence-electron chi connectivity index (χ4n) is 2.95. The van der Waals surface area contributed by atoms with Crippen molar-refractivity contribution in [3.63, 3.8) is 0 Å². The molecule has 7 heteroatoms. The van der Waals surface area contributed by atoms with Gasteiger partial charge in [0, 0.05) is 26.0 Å². The number of rotatable bonds is 5. The van der Waals surface area contributed by atoms with E-state index in [9.17, 15) is 18.0 Å². The summed E-state index contributed by atoms with van der Waals surface area (Å²) in [4.78, 5) is 14.4. The van der Waals surface area contributed by atoms with E-state index < -0.39 is 17.8 Å². The first-order valence-corrected chi connectivity index (χ1v) is 8.32. The van der Waals surface area contributed by atoms with E-state index in [2.05, 4.69) is 5.10 Å². The van der Waals surface area contributed by atoms with E-state index in [0.717, 1.165) is 6.07 Å². The normalized spacial score (nSPS) is 12.6. The lowest BCUT2D eigenvalue weighted by molar-refractivity contribution is -0.140. The highest BCUT2D eigenvalue weighted by atomic mass is 19.4. The summed E-state index contributed by atoms with van der Waals surface area (Å²) in [5.41, 5.74) is 0.0234. The van der Waals surface area contributed by atoms with Gasteiger partial charge in [0.15, 0.2) is 6.04 Å². The van der Waals surface area contributed by atoms with Crippen LogP contribution in [0.1, 0.15) is 22.7 Å². The van der Waals surface area contributed by atoms with Crippen molar-refractivity contribution < 1.29 is 18.0 Å². The molecule has 1 aromatic heterocycles. The second kappa shape index (κ2) is 7.65. The van der Waals surface area contributed by atoms with Gasteiger partial charge >= 0.3 is 6.18 Å². The van der Waals surface area contributed by atoms with E-state index in [0.29, 0.717) is 5.56 Å². The van der Waals surface area contributed by atoms with Crippen molar-refractivity contribution >= 4 is 5.91 Å². The number of hydrogen-bond acceptors (Lipinski definition) is 2. The van der Waals surface area contributed by atoms with Crippen LogP contribution in [0.4, 0.5) is 13.2 Å². The summed E-state index contributed by atoms with van der Waals surface area (Å²) in [7, 11) is 1.49. The molecule has 0 aliphatic rings. The first-order valence-electron chi connectivity index (χ1n) is 8.32. The van der Waals surface area contributed by atoms with E-state index in [1.807, 2.05) is 6.07 Å². The number of halogens is 3. The molecule has 1 atom stereocenters. The molecule has 140 valence electrons. The predicted octanol–water partition coefficient (Wildman–Crippen LogP) is 4.15. The summed E-state index contributed by atoms with van der Waals surface area (Å²) in [6.45, 7) is -0.154. The van der Waals surface area contributed by atoms with E-state index in [4.69, 9.17) is 0 Å². The fraction of sp³-hybridized carbons (Fsp3) is 0.200. The summed E-state index contributed by atoms with van der Waals surface area (Å²) >= 11 is 0. The standard InChI is InChI=1S/C20H18F3N3O/c1-25(14-16-10-5-6-11-17(16)20(21,22)23)19(27)18(26-13-7-12-24-26)15-8-3-2-4-9-15/h2-13,18H,14H2,1H3. The lowest BCUT2D eigenvalue weighted by Gasteiger charge is -2.25. The van der Waals surface area contributed by atoms with Gasteiger partial charge in [0.2, 0.25) is 0 Å². The Hall–Kier alpha value is -3.09. The van der Waals surface area contributed by atoms with Crippen molar-refractivity contribution in [2.75, 3.05) is 7.05 Å². The van der Waals surface area contributed by atoms with E-state index in [1.165, 1.54) is 34.8 Å². The number of aromatic nitrogens is 2. The second-order valence-electron chi connectivity index (χ2n) is 6.15. The number of alkyl halides is 3. The summed E-state index contributed by atoms with van der Waals surface area (Å²) in [5, 5.41) is 4.15. The SMILES string of the molecule is CN(Cc1ccccc1C(F)(F)F)C(=O)C(c1ccccc1)n1cccn1. The Morgan fingerprint density at radius 1 is 1.07 bits per heavy atom. The summed E-state index contributed by atoms with van der Waals surface area (Å²) in [6, 6.07) is 15.3. The molecule has 3 aromatic rings. The first kappa shape index (κ1) is 18.7. The number of carbonyl (C=O) groups is 1. The Morgan fingerprint density at radius 2 is 1.74 bits per heavy atom. The molecule has 0 spiro atoms. The number of nitrogens with zero attached hydrogens (tertiary/aromatic N) is 3. The average Bonchev–Trinajstić information content (AvgIpc) is 3.16. The number of hydrogen-bond donors (Lipinski definition) is 0. The predicted molar refractivity (Wildman–Crippen MR) is 94.7 cm³/mol. The van der Waals surface area contributed by atoms with Crippen LogP contribution in [-0.4, -0.2) is 27.6 Å². The van der Waals surface area contributed by atoms with Crippen molar-refractivity contribution in [3.05, 3.63) is 89.7 Å². The molecule has 0 saturated carbocycles. The van der Waals surface area contributed by atoms with Gasteiger partial charge in [-0.15, -0.1) is 0 Å². The number of carbonyl (C=O) groups excluding carboxylic acids is 1. The van der Waals surface area contributed by atoms with Crippen LogP contribution in [0.5, 0.6) is 0 Å². The van der Waals surface area contributed by atoms with Gasteiger partial charge in [0.1, 0.15) is 0 Å². The molecule has 4 nitrogen and oxygen atoms in total. The number of amides is 1. The largest absolute Gasteiger partial charge is 0.416 e. The molecule has 0 fully saturated rings. The van der Waals surface area contributed by atoms with Crippen molar-refractivity contribution in [1.29, 1.82) is 0 Å².